The van der Waals surface area contributed by atoms with Crippen molar-refractivity contribution in [2.24, 2.45) is 11.0 Å². The van der Waals surface area contributed by atoms with E-state index in [1.54, 1.807) is 60.7 Å². The quantitative estimate of drug-likeness (QED) is 0.846. The second-order valence-corrected chi connectivity index (χ2v) is 7.19. The third kappa shape index (κ3) is 3.30. The SMILES string of the molecule is NP(N)(=O)N(c1ccccc1)S(=O)c1ccccc1. The van der Waals surface area contributed by atoms with Gasteiger partial charge in [0, 0.05) is 0 Å². The summed E-state index contributed by atoms with van der Waals surface area (Å²) in [6.45, 7) is 0. The lowest BCUT2D eigenvalue weighted by Crippen LogP contribution is -2.30. The zero-order chi connectivity index (χ0) is 13.9. The van der Waals surface area contributed by atoms with Crippen molar-refractivity contribution < 1.29 is 8.77 Å². The van der Waals surface area contributed by atoms with Gasteiger partial charge in [0.25, 0.3) is 0 Å². The fraction of sp³-hybridized carbons (Fsp3) is 0. The van der Waals surface area contributed by atoms with Crippen LogP contribution in [-0.4, -0.2) is 4.21 Å². The number of hydrogen-bond acceptors (Lipinski definition) is 2. The van der Waals surface area contributed by atoms with Crippen LogP contribution in [0.1, 0.15) is 0 Å². The molecule has 4 N–H and O–H groups in total. The van der Waals surface area contributed by atoms with Crippen LogP contribution in [0.2, 0.25) is 0 Å². The van der Waals surface area contributed by atoms with Gasteiger partial charge in [-0.2, -0.15) is 0 Å². The second-order valence-electron chi connectivity index (χ2n) is 3.84. The molecule has 7 heteroatoms. The summed E-state index contributed by atoms with van der Waals surface area (Å²) in [5, 5.41) is 0. The van der Waals surface area contributed by atoms with E-state index in [0.29, 0.717) is 10.6 Å². The number of nitrogens with zero attached hydrogens (tertiary/aromatic N) is 1. The predicted octanol–water partition coefficient (Wildman–Crippen LogP) is 2.24. The maximum Gasteiger partial charge on any atom is 0.312 e. The number of anilines is 1. The Morgan fingerprint density at radius 3 is 1.84 bits per heavy atom. The molecule has 0 bridgehead atoms. The van der Waals surface area contributed by atoms with Crippen LogP contribution in [0, 0.1) is 0 Å². The summed E-state index contributed by atoms with van der Waals surface area (Å²) in [7, 11) is -5.41. The lowest BCUT2D eigenvalue weighted by Gasteiger charge is -2.25. The van der Waals surface area contributed by atoms with Gasteiger partial charge in [0.05, 0.1) is 10.6 Å². The number of nitrogens with two attached hydrogens (primary N) is 2. The average molecular weight is 295 g/mol. The van der Waals surface area contributed by atoms with Gasteiger partial charge in [-0.3, -0.25) is 15.6 Å². The smallest absolute Gasteiger partial charge is 0.263 e. The normalized spacial score (nSPS) is 12.9. The van der Waals surface area contributed by atoms with E-state index in [9.17, 15) is 8.77 Å². The molecule has 0 radical (unpaired) electrons. The number of hydrogen-bond donors (Lipinski definition) is 2. The minimum Gasteiger partial charge on any atom is -0.263 e. The van der Waals surface area contributed by atoms with Crippen molar-refractivity contribution >= 4 is 24.3 Å². The first kappa shape index (κ1) is 14.0. The van der Waals surface area contributed by atoms with E-state index in [4.69, 9.17) is 11.0 Å². The molecule has 0 aliphatic heterocycles. The highest BCUT2D eigenvalue weighted by atomic mass is 32.2. The highest BCUT2D eigenvalue weighted by molar-refractivity contribution is 7.95. The minimum atomic E-state index is -3.69. The van der Waals surface area contributed by atoms with Crippen LogP contribution in [-0.2, 0) is 15.6 Å². The van der Waals surface area contributed by atoms with E-state index < -0.39 is 18.6 Å². The Morgan fingerprint density at radius 2 is 1.37 bits per heavy atom. The van der Waals surface area contributed by atoms with Crippen LogP contribution >= 0.6 is 7.59 Å². The lowest BCUT2D eigenvalue weighted by atomic mass is 10.3. The van der Waals surface area contributed by atoms with Crippen LogP contribution in [0.3, 0.4) is 0 Å². The number of para-hydroxylation sites is 1. The molecule has 0 aliphatic rings. The summed E-state index contributed by atoms with van der Waals surface area (Å²) < 4.78 is 25.6. The molecule has 0 aliphatic carbocycles. The fourth-order valence-corrected chi connectivity index (χ4v) is 4.19. The van der Waals surface area contributed by atoms with Gasteiger partial charge in [-0.25, -0.2) is 8.28 Å². The third-order valence-electron chi connectivity index (χ3n) is 2.36. The van der Waals surface area contributed by atoms with Crippen LogP contribution in [0.5, 0.6) is 0 Å². The molecule has 2 aromatic carbocycles. The van der Waals surface area contributed by atoms with E-state index in [-0.39, 0.29) is 0 Å². The fourth-order valence-electron chi connectivity index (χ4n) is 1.58. The van der Waals surface area contributed by atoms with Gasteiger partial charge >= 0.3 is 7.59 Å². The summed E-state index contributed by atoms with van der Waals surface area (Å²) in [6.07, 6.45) is 0. The van der Waals surface area contributed by atoms with Gasteiger partial charge in [-0.05, 0) is 24.3 Å². The molecule has 1 atom stereocenters. The van der Waals surface area contributed by atoms with Crippen molar-refractivity contribution in [1.29, 1.82) is 0 Å². The average Bonchev–Trinajstić information content (AvgIpc) is 2.39. The summed E-state index contributed by atoms with van der Waals surface area (Å²) in [4.78, 5) is 0.488. The maximum absolute atomic E-state index is 12.5. The monoisotopic (exact) mass is 295 g/mol. The van der Waals surface area contributed by atoms with E-state index in [1.165, 1.54) is 0 Å². The summed E-state index contributed by atoms with van der Waals surface area (Å²) in [6, 6.07) is 17.2. The van der Waals surface area contributed by atoms with Crippen molar-refractivity contribution in [3.8, 4) is 0 Å². The third-order valence-corrected chi connectivity index (χ3v) is 5.57. The molecule has 0 fully saturated rings. The van der Waals surface area contributed by atoms with Gasteiger partial charge < -0.3 is 0 Å². The Bertz CT molecular complexity index is 615. The first-order valence-electron chi connectivity index (χ1n) is 5.50. The van der Waals surface area contributed by atoms with Crippen molar-refractivity contribution in [2.75, 3.05) is 4.08 Å². The van der Waals surface area contributed by atoms with Gasteiger partial charge in [0.2, 0.25) is 0 Å². The molecule has 0 heterocycles. The summed E-state index contributed by atoms with van der Waals surface area (Å²) in [5.41, 5.74) is 11.5. The van der Waals surface area contributed by atoms with E-state index in [1.807, 2.05) is 0 Å². The molecule has 2 rings (SSSR count). The van der Waals surface area contributed by atoms with E-state index in [2.05, 4.69) is 0 Å². The Hall–Kier alpha value is -1.46. The standard InChI is InChI=1S/C12H14N3O2PS/c13-18(14,16)15(11-7-3-1-4-8-11)19(17)12-9-5-2-6-10-12/h1-10H,(H4,13,14,16). The van der Waals surface area contributed by atoms with Crippen LogP contribution in [0.25, 0.3) is 0 Å². The molecule has 0 saturated carbocycles. The molecular weight excluding hydrogens is 281 g/mol. The van der Waals surface area contributed by atoms with Gasteiger partial charge in [0.15, 0.2) is 11.0 Å². The molecule has 1 unspecified atom stereocenters. The molecule has 19 heavy (non-hydrogen) atoms. The first-order valence-corrected chi connectivity index (χ1v) is 8.40. The summed E-state index contributed by atoms with van der Waals surface area (Å²) >= 11 is 0. The highest BCUT2D eigenvalue weighted by Crippen LogP contribution is 2.40. The van der Waals surface area contributed by atoms with Crippen LogP contribution < -0.4 is 15.1 Å². The van der Waals surface area contributed by atoms with E-state index in [0.717, 1.165) is 4.08 Å². The van der Waals surface area contributed by atoms with Crippen molar-refractivity contribution in [2.45, 2.75) is 4.90 Å². The zero-order valence-electron chi connectivity index (χ0n) is 10.0. The van der Waals surface area contributed by atoms with Crippen molar-refractivity contribution in [3.63, 3.8) is 0 Å². The highest BCUT2D eigenvalue weighted by Gasteiger charge is 2.28. The first-order chi connectivity index (χ1) is 9.00. The molecule has 0 amide bonds. The Balaban J connectivity index is 2.46. The van der Waals surface area contributed by atoms with Gasteiger partial charge in [-0.1, -0.05) is 36.4 Å². The number of rotatable bonds is 4. The summed E-state index contributed by atoms with van der Waals surface area (Å²) in [5.74, 6) is 0. The van der Waals surface area contributed by atoms with Gasteiger partial charge in [0.1, 0.15) is 0 Å². The molecule has 0 saturated heterocycles. The van der Waals surface area contributed by atoms with E-state index >= 15 is 0 Å². The van der Waals surface area contributed by atoms with Gasteiger partial charge in [-0.15, -0.1) is 0 Å². The second kappa shape index (κ2) is 5.67. The molecule has 2 aromatic rings. The lowest BCUT2D eigenvalue weighted by molar-refractivity contribution is 0.577. The maximum atomic E-state index is 12.5. The molecule has 0 aromatic heterocycles. The molecular formula is C12H14N3O2PS. The molecule has 100 valence electrons. The van der Waals surface area contributed by atoms with Crippen LogP contribution in [0.4, 0.5) is 5.69 Å². The minimum absolute atomic E-state index is 0.456. The molecule has 5 nitrogen and oxygen atoms in total. The zero-order valence-corrected chi connectivity index (χ0v) is 11.8. The molecule has 0 spiro atoms. The predicted molar refractivity (Wildman–Crippen MR) is 77.8 cm³/mol. The topological polar surface area (TPSA) is 89.4 Å². The Kier molecular flexibility index (Phi) is 4.17. The Labute approximate surface area is 114 Å². The largest absolute Gasteiger partial charge is 0.312 e. The Morgan fingerprint density at radius 1 is 0.895 bits per heavy atom. The van der Waals surface area contributed by atoms with Crippen molar-refractivity contribution in [1.82, 2.24) is 0 Å². The van der Waals surface area contributed by atoms with Crippen molar-refractivity contribution in [3.05, 3.63) is 60.7 Å². The number of benzene rings is 2. The van der Waals surface area contributed by atoms with Crippen LogP contribution in [0.15, 0.2) is 65.6 Å².